The van der Waals surface area contributed by atoms with Crippen LogP contribution >= 0.6 is 34.8 Å². The Kier molecular flexibility index (Phi) is 7.30. The van der Waals surface area contributed by atoms with Crippen molar-refractivity contribution in [2.45, 2.75) is 14.7 Å². The van der Waals surface area contributed by atoms with E-state index in [1.807, 2.05) is 6.07 Å². The summed E-state index contributed by atoms with van der Waals surface area (Å²) >= 11 is 14.4. The van der Waals surface area contributed by atoms with Gasteiger partial charge in [0.15, 0.2) is 10.1 Å². The third-order valence-electron chi connectivity index (χ3n) is 5.07. The first-order chi connectivity index (χ1) is 15.1. The maximum Gasteiger partial charge on any atom is 0.267 e. The molecule has 2 aliphatic rings. The Morgan fingerprint density at radius 3 is 1.81 bits per heavy atom. The zero-order chi connectivity index (χ0) is 23.5. The molecule has 2 aromatic rings. The number of likely N-dealkylation sites (N-methyl/N-ethyl adjacent to an activating group) is 1. The van der Waals surface area contributed by atoms with Crippen molar-refractivity contribution < 1.29 is 18.0 Å². The van der Waals surface area contributed by atoms with Gasteiger partial charge in [0.1, 0.15) is 10.4 Å². The molecule has 32 heavy (non-hydrogen) atoms. The smallest absolute Gasteiger partial charge is 0.267 e. The number of rotatable bonds is 3. The Balaban J connectivity index is 0.000000668. The van der Waals surface area contributed by atoms with Crippen LogP contribution in [-0.4, -0.2) is 41.9 Å². The number of hydrogen-bond donors (Lipinski definition) is 0. The van der Waals surface area contributed by atoms with Crippen LogP contribution in [0, 0.1) is 0 Å². The van der Waals surface area contributed by atoms with Crippen molar-refractivity contribution in [1.82, 2.24) is 4.90 Å². The standard InChI is InChI=1S/C22H17NO4S.CHCl3/c1-23-21(25)20(28(26,27)18-10-6-3-7-11-18)19(16-8-4-2-5-9-16)22(23)14-12-17(24)13-15-22;2-1(3)4/h2-15H,1H3;1H. The van der Waals surface area contributed by atoms with Crippen molar-refractivity contribution in [3.63, 3.8) is 0 Å². The highest BCUT2D eigenvalue weighted by Crippen LogP contribution is 2.47. The number of alkyl halides is 3. The van der Waals surface area contributed by atoms with Gasteiger partial charge in [0.2, 0.25) is 9.84 Å². The van der Waals surface area contributed by atoms with Gasteiger partial charge < -0.3 is 4.90 Å². The van der Waals surface area contributed by atoms with Crippen LogP contribution in [0.3, 0.4) is 0 Å². The molecule has 9 heteroatoms. The maximum atomic E-state index is 13.4. The quantitative estimate of drug-likeness (QED) is 0.558. The van der Waals surface area contributed by atoms with E-state index in [9.17, 15) is 18.0 Å². The summed E-state index contributed by atoms with van der Waals surface area (Å²) in [6.45, 7) is 0. The summed E-state index contributed by atoms with van der Waals surface area (Å²) in [4.78, 5) is 26.1. The fourth-order valence-electron chi connectivity index (χ4n) is 3.63. The number of benzene rings is 2. The normalized spacial score (nSPS) is 17.2. The van der Waals surface area contributed by atoms with Gasteiger partial charge in [-0.1, -0.05) is 83.3 Å². The first-order valence-corrected chi connectivity index (χ1v) is 12.1. The maximum absolute atomic E-state index is 13.4. The molecule has 166 valence electrons. The summed E-state index contributed by atoms with van der Waals surface area (Å²) in [6.07, 6.45) is 5.90. The van der Waals surface area contributed by atoms with Gasteiger partial charge in [-0.3, -0.25) is 9.59 Å². The lowest BCUT2D eigenvalue weighted by molar-refractivity contribution is -0.125. The SMILES string of the molecule is CN1C(=O)C(S(=O)(=O)c2ccccc2)=C(c2ccccc2)C12C=CC(=O)C=C2.ClC(Cl)Cl. The average Bonchev–Trinajstić information content (AvgIpc) is 2.99. The molecule has 1 aliphatic carbocycles. The van der Waals surface area contributed by atoms with Crippen molar-refractivity contribution in [3.8, 4) is 0 Å². The molecule has 2 aromatic carbocycles. The van der Waals surface area contributed by atoms with Gasteiger partial charge in [-0.2, -0.15) is 0 Å². The molecule has 0 saturated heterocycles. The molecule has 5 nitrogen and oxygen atoms in total. The highest BCUT2D eigenvalue weighted by atomic mass is 35.6. The summed E-state index contributed by atoms with van der Waals surface area (Å²) in [5, 5.41) is 0. The van der Waals surface area contributed by atoms with Gasteiger partial charge in [0.05, 0.1) is 4.90 Å². The van der Waals surface area contributed by atoms with Crippen molar-refractivity contribution in [2.24, 2.45) is 0 Å². The molecule has 0 atom stereocenters. The molecule has 1 spiro atoms. The van der Waals surface area contributed by atoms with Crippen molar-refractivity contribution >= 4 is 61.9 Å². The molecule has 0 fully saturated rings. The van der Waals surface area contributed by atoms with E-state index in [-0.39, 0.29) is 15.6 Å². The minimum Gasteiger partial charge on any atom is -0.324 e. The molecule has 0 radical (unpaired) electrons. The molecule has 1 aliphatic heterocycles. The minimum absolute atomic E-state index is 0.0528. The second-order valence-corrected chi connectivity index (χ2v) is 10.8. The Hall–Kier alpha value is -2.38. The molecular weight excluding hydrogens is 493 g/mol. The Morgan fingerprint density at radius 2 is 1.31 bits per heavy atom. The fraction of sp³-hybridized carbons (Fsp3) is 0.130. The summed E-state index contributed by atoms with van der Waals surface area (Å²) in [7, 11) is -2.53. The summed E-state index contributed by atoms with van der Waals surface area (Å²) in [6, 6.07) is 16.8. The van der Waals surface area contributed by atoms with E-state index in [2.05, 4.69) is 0 Å². The lowest BCUT2D eigenvalue weighted by Crippen LogP contribution is -2.43. The minimum atomic E-state index is -4.07. The average molecular weight is 511 g/mol. The van der Waals surface area contributed by atoms with Gasteiger partial charge in [0.25, 0.3) is 5.91 Å². The van der Waals surface area contributed by atoms with Gasteiger partial charge in [-0.25, -0.2) is 8.42 Å². The van der Waals surface area contributed by atoms with E-state index < -0.39 is 25.6 Å². The predicted molar refractivity (Wildman–Crippen MR) is 127 cm³/mol. The number of amides is 1. The predicted octanol–water partition coefficient (Wildman–Crippen LogP) is 4.76. The number of carbonyl (C=O) groups excluding carboxylic acids is 2. The van der Waals surface area contributed by atoms with E-state index in [1.165, 1.54) is 29.2 Å². The second-order valence-electron chi connectivity index (χ2n) is 6.89. The van der Waals surface area contributed by atoms with Crippen LogP contribution in [0.4, 0.5) is 0 Å². The van der Waals surface area contributed by atoms with Gasteiger partial charge in [0, 0.05) is 12.6 Å². The van der Waals surface area contributed by atoms with Crippen LogP contribution in [-0.2, 0) is 19.4 Å². The zero-order valence-corrected chi connectivity index (χ0v) is 19.9. The molecule has 0 unspecified atom stereocenters. The number of halogens is 3. The molecule has 1 amide bonds. The van der Waals surface area contributed by atoms with Crippen LogP contribution in [0.5, 0.6) is 0 Å². The van der Waals surface area contributed by atoms with Crippen LogP contribution in [0.25, 0.3) is 5.57 Å². The Morgan fingerprint density at radius 1 is 0.844 bits per heavy atom. The fourth-order valence-corrected chi connectivity index (χ4v) is 5.30. The highest BCUT2D eigenvalue weighted by Gasteiger charge is 2.52. The third kappa shape index (κ3) is 4.55. The van der Waals surface area contributed by atoms with Crippen LogP contribution < -0.4 is 0 Å². The topological polar surface area (TPSA) is 71.5 Å². The van der Waals surface area contributed by atoms with Crippen LogP contribution in [0.1, 0.15) is 5.56 Å². The second kappa shape index (κ2) is 9.63. The van der Waals surface area contributed by atoms with Crippen molar-refractivity contribution in [3.05, 3.63) is 95.4 Å². The molecule has 4 rings (SSSR count). The van der Waals surface area contributed by atoms with Gasteiger partial charge in [-0.15, -0.1) is 0 Å². The molecular formula is C23H18Cl3NO4S. The van der Waals surface area contributed by atoms with Crippen molar-refractivity contribution in [2.75, 3.05) is 7.05 Å². The number of ketones is 1. The largest absolute Gasteiger partial charge is 0.324 e. The molecule has 1 heterocycles. The Labute approximate surface area is 201 Å². The van der Waals surface area contributed by atoms with Crippen LogP contribution in [0.15, 0.2) is 94.8 Å². The van der Waals surface area contributed by atoms with E-state index in [0.29, 0.717) is 11.1 Å². The first-order valence-electron chi connectivity index (χ1n) is 9.34. The Bertz CT molecular complexity index is 1200. The van der Waals surface area contributed by atoms with Gasteiger partial charge >= 0.3 is 0 Å². The van der Waals surface area contributed by atoms with E-state index >= 15 is 0 Å². The highest BCUT2D eigenvalue weighted by molar-refractivity contribution is 7.96. The van der Waals surface area contributed by atoms with Crippen LogP contribution in [0.2, 0.25) is 0 Å². The number of hydrogen-bond acceptors (Lipinski definition) is 4. The lowest BCUT2D eigenvalue weighted by Gasteiger charge is -2.34. The zero-order valence-electron chi connectivity index (χ0n) is 16.8. The van der Waals surface area contributed by atoms with E-state index in [4.69, 9.17) is 34.8 Å². The number of sulfone groups is 1. The monoisotopic (exact) mass is 509 g/mol. The molecule has 0 saturated carbocycles. The van der Waals surface area contributed by atoms with E-state index in [1.54, 1.807) is 61.7 Å². The third-order valence-corrected chi connectivity index (χ3v) is 6.88. The van der Waals surface area contributed by atoms with Gasteiger partial charge in [-0.05, 0) is 42.0 Å². The molecule has 0 N–H and O–H groups in total. The summed E-state index contributed by atoms with van der Waals surface area (Å²) in [5.74, 6) is -0.815. The van der Waals surface area contributed by atoms with E-state index in [0.717, 1.165) is 0 Å². The molecule has 0 bridgehead atoms. The first kappa shape index (κ1) is 24.3. The number of allylic oxidation sites excluding steroid dienone is 2. The van der Waals surface area contributed by atoms with Crippen molar-refractivity contribution in [1.29, 1.82) is 0 Å². The number of carbonyl (C=O) groups is 2. The summed E-state index contributed by atoms with van der Waals surface area (Å²) in [5.41, 5.74) is -0.174. The lowest BCUT2D eigenvalue weighted by atomic mass is 9.83. The summed E-state index contributed by atoms with van der Waals surface area (Å²) < 4.78 is 26.1. The molecule has 0 aromatic heterocycles. The number of nitrogens with zero attached hydrogens (tertiary/aromatic N) is 1.